The number of aliphatic hydroxyl groups is 1. The van der Waals surface area contributed by atoms with Gasteiger partial charge in [0.25, 0.3) is 0 Å². The Bertz CT molecular complexity index is 325. The van der Waals surface area contributed by atoms with E-state index in [9.17, 15) is 5.11 Å². The van der Waals surface area contributed by atoms with Crippen LogP contribution in [0, 0.1) is 0 Å². The van der Waals surface area contributed by atoms with E-state index in [1.807, 2.05) is 6.07 Å². The van der Waals surface area contributed by atoms with Crippen molar-refractivity contribution in [3.05, 3.63) is 35.4 Å². The van der Waals surface area contributed by atoms with E-state index >= 15 is 0 Å². The van der Waals surface area contributed by atoms with E-state index in [4.69, 9.17) is 0 Å². The Labute approximate surface area is 101 Å². The Balaban J connectivity index is 2.41. The molecule has 0 aromatic heterocycles. The van der Waals surface area contributed by atoms with Crippen LogP contribution in [0.4, 0.5) is 0 Å². The summed E-state index contributed by atoms with van der Waals surface area (Å²) in [6.45, 7) is 0. The number of aliphatic hydroxyl groups excluding tert-OH is 1. The third-order valence-electron chi connectivity index (χ3n) is 2.81. The highest BCUT2D eigenvalue weighted by Gasteiger charge is 2.31. The molecular weight excluding hydrogens is 308 g/mol. The maximum Gasteiger partial charge on any atom is 0.0791 e. The minimum absolute atomic E-state index is 0.145. The largest absolute Gasteiger partial charge is 0.392 e. The molecule has 1 nitrogen and oxygen atoms in total. The smallest absolute Gasteiger partial charge is 0.0791 e. The van der Waals surface area contributed by atoms with E-state index in [1.165, 1.54) is 11.1 Å². The first-order valence-electron chi connectivity index (χ1n) is 4.74. The van der Waals surface area contributed by atoms with Crippen LogP contribution in [0.25, 0.3) is 0 Å². The van der Waals surface area contributed by atoms with Gasteiger partial charge in [-0.3, -0.25) is 0 Å². The predicted octanol–water partition coefficient (Wildman–Crippen LogP) is 3.19. The molecule has 14 heavy (non-hydrogen) atoms. The van der Waals surface area contributed by atoms with Crippen LogP contribution < -0.4 is 0 Å². The number of fused-ring (bicyclic) bond motifs is 1. The third-order valence-corrected chi connectivity index (χ3v) is 3.95. The van der Waals surface area contributed by atoms with Gasteiger partial charge < -0.3 is 5.11 Å². The molecule has 0 aliphatic heterocycles. The molecule has 1 aliphatic carbocycles. The molecule has 1 N–H and O–H groups in total. The van der Waals surface area contributed by atoms with Crippen LogP contribution in [0.1, 0.15) is 23.5 Å². The molecule has 1 aliphatic rings. The normalized spacial score (nSPS) is 26.3. The van der Waals surface area contributed by atoms with Gasteiger partial charge in [0.1, 0.15) is 0 Å². The number of alkyl halides is 2. The summed E-state index contributed by atoms with van der Waals surface area (Å²) in [5.74, 6) is 0.167. The maximum absolute atomic E-state index is 9.93. The molecule has 0 fully saturated rings. The molecule has 3 heteroatoms. The molecular formula is C11H12Br2O. The minimum Gasteiger partial charge on any atom is -0.392 e. The monoisotopic (exact) mass is 318 g/mol. The van der Waals surface area contributed by atoms with Gasteiger partial charge in [-0.15, -0.1) is 0 Å². The summed E-state index contributed by atoms with van der Waals surface area (Å²) in [5.41, 5.74) is 2.64. The van der Waals surface area contributed by atoms with E-state index in [0.717, 1.165) is 12.8 Å². The van der Waals surface area contributed by atoms with Crippen LogP contribution in [0.2, 0.25) is 0 Å². The number of hydrogen-bond acceptors (Lipinski definition) is 1. The number of rotatable bonds is 1. The second-order valence-corrected chi connectivity index (χ2v) is 6.87. The maximum atomic E-state index is 9.93. The van der Waals surface area contributed by atoms with Gasteiger partial charge in [-0.05, 0) is 24.0 Å². The lowest BCUT2D eigenvalue weighted by molar-refractivity contribution is 0.132. The second kappa shape index (κ2) is 4.33. The highest BCUT2D eigenvalue weighted by molar-refractivity contribution is 9.24. The molecule has 1 aromatic carbocycles. The molecule has 2 rings (SSSR count). The van der Waals surface area contributed by atoms with E-state index < -0.39 is 0 Å². The standard InChI is InChI=1S/C11H12Br2O/c12-11(13)10-8-4-2-1-3-7(8)5-6-9(10)14/h1-4,9-11,14H,5-6H2/t9-,10+/m0/s1. The first-order valence-corrected chi connectivity index (χ1v) is 6.57. The summed E-state index contributed by atoms with van der Waals surface area (Å²) in [6.07, 6.45) is 1.60. The Morgan fingerprint density at radius 3 is 2.71 bits per heavy atom. The van der Waals surface area contributed by atoms with Crippen molar-refractivity contribution >= 4 is 31.9 Å². The van der Waals surface area contributed by atoms with Gasteiger partial charge in [0.2, 0.25) is 0 Å². The molecule has 0 saturated carbocycles. The number of hydrogen-bond donors (Lipinski definition) is 1. The molecule has 0 amide bonds. The molecule has 0 heterocycles. The van der Waals surface area contributed by atoms with Crippen molar-refractivity contribution in [1.29, 1.82) is 0 Å². The zero-order valence-corrected chi connectivity index (χ0v) is 10.8. The van der Waals surface area contributed by atoms with E-state index in [0.29, 0.717) is 0 Å². The third kappa shape index (κ3) is 1.90. The Hall–Kier alpha value is 0.140. The minimum atomic E-state index is -0.242. The van der Waals surface area contributed by atoms with Crippen molar-refractivity contribution in [2.45, 2.75) is 28.6 Å². The molecule has 1 aromatic rings. The molecule has 76 valence electrons. The summed E-state index contributed by atoms with van der Waals surface area (Å²) in [5, 5.41) is 9.93. The average molecular weight is 320 g/mol. The molecule has 0 radical (unpaired) electrons. The van der Waals surface area contributed by atoms with Crippen LogP contribution in [-0.2, 0) is 6.42 Å². The van der Waals surface area contributed by atoms with Crippen LogP contribution in [0.5, 0.6) is 0 Å². The molecule has 0 spiro atoms. The van der Waals surface area contributed by atoms with Gasteiger partial charge in [-0.25, -0.2) is 0 Å². The van der Waals surface area contributed by atoms with Gasteiger partial charge in [-0.1, -0.05) is 56.1 Å². The second-order valence-electron chi connectivity index (χ2n) is 3.67. The molecule has 0 bridgehead atoms. The number of aryl methyl sites for hydroxylation is 1. The summed E-state index contributed by atoms with van der Waals surface area (Å²) >= 11 is 7.01. The lowest BCUT2D eigenvalue weighted by Gasteiger charge is -2.31. The predicted molar refractivity (Wildman–Crippen MR) is 65.2 cm³/mol. The Morgan fingerprint density at radius 1 is 1.29 bits per heavy atom. The SMILES string of the molecule is O[C@H]1CCc2ccccc2[C@H]1C(Br)Br. The quantitative estimate of drug-likeness (QED) is 0.788. The van der Waals surface area contributed by atoms with Crippen molar-refractivity contribution in [1.82, 2.24) is 0 Å². The summed E-state index contributed by atoms with van der Waals surface area (Å²) < 4.78 is 0.145. The fourth-order valence-corrected chi connectivity index (χ4v) is 3.36. The Morgan fingerprint density at radius 2 is 2.00 bits per heavy atom. The summed E-state index contributed by atoms with van der Waals surface area (Å²) in [6, 6.07) is 8.35. The molecule has 2 atom stereocenters. The van der Waals surface area contributed by atoms with Gasteiger partial charge in [0, 0.05) is 5.92 Å². The van der Waals surface area contributed by atoms with Crippen molar-refractivity contribution in [3.63, 3.8) is 0 Å². The fraction of sp³-hybridized carbons (Fsp3) is 0.455. The van der Waals surface area contributed by atoms with Gasteiger partial charge in [0.05, 0.1) is 9.84 Å². The van der Waals surface area contributed by atoms with Gasteiger partial charge in [-0.2, -0.15) is 0 Å². The van der Waals surface area contributed by atoms with Crippen molar-refractivity contribution in [2.24, 2.45) is 0 Å². The van der Waals surface area contributed by atoms with E-state index in [-0.39, 0.29) is 15.8 Å². The van der Waals surface area contributed by atoms with Crippen LogP contribution >= 0.6 is 31.9 Å². The van der Waals surface area contributed by atoms with Crippen LogP contribution in [0.3, 0.4) is 0 Å². The first-order chi connectivity index (χ1) is 6.70. The lowest BCUT2D eigenvalue weighted by Crippen LogP contribution is -2.28. The zero-order valence-electron chi connectivity index (χ0n) is 7.66. The summed E-state index contributed by atoms with van der Waals surface area (Å²) in [7, 11) is 0. The van der Waals surface area contributed by atoms with Crippen molar-refractivity contribution in [3.8, 4) is 0 Å². The van der Waals surface area contributed by atoms with E-state index in [2.05, 4.69) is 50.1 Å². The van der Waals surface area contributed by atoms with Crippen molar-refractivity contribution < 1.29 is 5.11 Å². The number of halogens is 2. The molecule has 0 unspecified atom stereocenters. The summed E-state index contributed by atoms with van der Waals surface area (Å²) in [4.78, 5) is 0. The zero-order chi connectivity index (χ0) is 10.1. The highest BCUT2D eigenvalue weighted by Crippen LogP contribution is 2.39. The van der Waals surface area contributed by atoms with Crippen LogP contribution in [0.15, 0.2) is 24.3 Å². The Kier molecular flexibility index (Phi) is 3.30. The van der Waals surface area contributed by atoms with Gasteiger partial charge in [0.15, 0.2) is 0 Å². The lowest BCUT2D eigenvalue weighted by atomic mass is 9.82. The number of benzene rings is 1. The van der Waals surface area contributed by atoms with Gasteiger partial charge >= 0.3 is 0 Å². The van der Waals surface area contributed by atoms with E-state index in [1.54, 1.807) is 0 Å². The topological polar surface area (TPSA) is 20.2 Å². The fourth-order valence-electron chi connectivity index (χ4n) is 2.08. The highest BCUT2D eigenvalue weighted by atomic mass is 79.9. The van der Waals surface area contributed by atoms with Crippen molar-refractivity contribution in [2.75, 3.05) is 0 Å². The average Bonchev–Trinajstić information content (AvgIpc) is 2.17. The molecule has 0 saturated heterocycles. The van der Waals surface area contributed by atoms with Crippen LogP contribution in [-0.4, -0.2) is 14.9 Å². The first kappa shape index (κ1) is 10.7.